The lowest BCUT2D eigenvalue weighted by Gasteiger charge is -2.45. The summed E-state index contributed by atoms with van der Waals surface area (Å²) < 4.78 is 19.4. The summed E-state index contributed by atoms with van der Waals surface area (Å²) in [6.07, 6.45) is 15.7. The quantitative estimate of drug-likeness (QED) is 0.316. The van der Waals surface area contributed by atoms with Crippen molar-refractivity contribution in [2.45, 2.75) is 115 Å². The second kappa shape index (κ2) is 12.9. The van der Waals surface area contributed by atoms with Gasteiger partial charge in [0.1, 0.15) is 10.7 Å². The van der Waals surface area contributed by atoms with Gasteiger partial charge in [-0.1, -0.05) is 50.7 Å². The van der Waals surface area contributed by atoms with E-state index in [-0.39, 0.29) is 29.7 Å². The molecule has 2 amide bonds. The molecular weight excluding hydrogens is 551 g/mol. The summed E-state index contributed by atoms with van der Waals surface area (Å²) in [5, 5.41) is 0. The van der Waals surface area contributed by atoms with Gasteiger partial charge in [-0.25, -0.2) is 9.18 Å². The number of amides is 2. The van der Waals surface area contributed by atoms with E-state index in [1.807, 2.05) is 9.80 Å². The zero-order valence-corrected chi connectivity index (χ0v) is 25.6. The minimum Gasteiger partial charge on any atom is -0.465 e. The molecule has 6 nitrogen and oxygen atoms in total. The first-order valence-corrected chi connectivity index (χ1v) is 16.9. The first-order valence-electron chi connectivity index (χ1n) is 16.1. The molecule has 0 N–H and O–H groups in total. The molecule has 42 heavy (non-hydrogen) atoms. The molecule has 4 fully saturated rings. The van der Waals surface area contributed by atoms with Crippen LogP contribution in [0.4, 0.5) is 15.8 Å². The molecule has 226 valence electrons. The molecule has 2 saturated carbocycles. The number of nitrogens with zero attached hydrogens (tertiary/aromatic N) is 2. The van der Waals surface area contributed by atoms with Gasteiger partial charge in [0.2, 0.25) is 11.8 Å². The molecule has 0 radical (unpaired) electrons. The van der Waals surface area contributed by atoms with Gasteiger partial charge in [0.15, 0.2) is 0 Å². The summed E-state index contributed by atoms with van der Waals surface area (Å²) in [6.45, 7) is 0. The van der Waals surface area contributed by atoms with Gasteiger partial charge in [-0.3, -0.25) is 9.59 Å². The molecule has 0 bridgehead atoms. The Morgan fingerprint density at radius 3 is 1.74 bits per heavy atom. The van der Waals surface area contributed by atoms with Crippen molar-refractivity contribution >= 4 is 40.5 Å². The highest BCUT2D eigenvalue weighted by molar-refractivity contribution is 7.18. The molecule has 2 saturated heterocycles. The average Bonchev–Trinajstić information content (AvgIpc) is 3.41. The van der Waals surface area contributed by atoms with Gasteiger partial charge >= 0.3 is 5.97 Å². The van der Waals surface area contributed by atoms with Crippen LogP contribution in [0, 0.1) is 17.7 Å². The molecule has 1 aromatic heterocycles. The number of piperidine rings is 2. The van der Waals surface area contributed by atoms with E-state index in [1.165, 1.54) is 43.4 Å². The molecule has 6 rings (SSSR count). The van der Waals surface area contributed by atoms with E-state index in [2.05, 4.69) is 0 Å². The summed E-state index contributed by atoms with van der Waals surface area (Å²) in [4.78, 5) is 46.7. The lowest BCUT2D eigenvalue weighted by atomic mass is 9.78. The summed E-state index contributed by atoms with van der Waals surface area (Å²) in [7, 11) is 1.37. The number of thiophene rings is 1. The van der Waals surface area contributed by atoms with Crippen molar-refractivity contribution < 1.29 is 23.5 Å². The summed E-state index contributed by atoms with van der Waals surface area (Å²) in [6, 6.07) is 6.27. The van der Waals surface area contributed by atoms with Crippen LogP contribution in [-0.4, -0.2) is 37.0 Å². The molecule has 1 aromatic carbocycles. The number of carbonyl (C=O) groups is 3. The Bertz CT molecular complexity index is 1300. The fourth-order valence-electron chi connectivity index (χ4n) is 8.19. The minimum absolute atomic E-state index is 0.0117. The zero-order valence-electron chi connectivity index (χ0n) is 24.7. The van der Waals surface area contributed by atoms with Crippen LogP contribution in [0.5, 0.6) is 0 Å². The first-order chi connectivity index (χ1) is 20.5. The van der Waals surface area contributed by atoms with E-state index >= 15 is 0 Å². The van der Waals surface area contributed by atoms with Crippen LogP contribution in [0.1, 0.15) is 112 Å². The number of anilines is 2. The summed E-state index contributed by atoms with van der Waals surface area (Å²) in [5.74, 6) is -0.0296. The van der Waals surface area contributed by atoms with E-state index in [0.717, 1.165) is 87.5 Å². The van der Waals surface area contributed by atoms with Crippen molar-refractivity contribution in [2.75, 3.05) is 16.9 Å². The Hall–Kier alpha value is -2.74. The number of methoxy groups -OCH3 is 1. The highest BCUT2D eigenvalue weighted by Crippen LogP contribution is 2.54. The Balaban J connectivity index is 1.59. The summed E-state index contributed by atoms with van der Waals surface area (Å²) >= 11 is 1.28. The van der Waals surface area contributed by atoms with E-state index in [0.29, 0.717) is 40.9 Å². The Morgan fingerprint density at radius 1 is 0.738 bits per heavy atom. The number of hydrogen-bond acceptors (Lipinski definition) is 5. The molecule has 8 heteroatoms. The van der Waals surface area contributed by atoms with Crippen molar-refractivity contribution in [1.29, 1.82) is 0 Å². The number of rotatable bonds is 6. The number of esters is 1. The van der Waals surface area contributed by atoms with Crippen molar-refractivity contribution in [2.24, 2.45) is 11.8 Å². The van der Waals surface area contributed by atoms with Crippen LogP contribution in [0.2, 0.25) is 0 Å². The highest BCUT2D eigenvalue weighted by Gasteiger charge is 2.45. The number of ether oxygens (including phenoxy) is 1. The Morgan fingerprint density at radius 2 is 1.24 bits per heavy atom. The molecule has 4 aliphatic rings. The van der Waals surface area contributed by atoms with Gasteiger partial charge in [-0.15, -0.1) is 11.3 Å². The normalized spacial score (nSPS) is 24.7. The van der Waals surface area contributed by atoms with Crippen LogP contribution in [0.25, 0.3) is 10.4 Å². The lowest BCUT2D eigenvalue weighted by Crippen LogP contribution is -2.51. The molecule has 2 aliphatic heterocycles. The fraction of sp³-hybridized carbons (Fsp3) is 0.618. The van der Waals surface area contributed by atoms with Gasteiger partial charge in [0, 0.05) is 24.9 Å². The van der Waals surface area contributed by atoms with E-state index < -0.39 is 5.97 Å². The van der Waals surface area contributed by atoms with Gasteiger partial charge in [0.05, 0.1) is 23.4 Å². The molecular formula is C34H43FN2O4S. The average molecular weight is 595 g/mol. The third kappa shape index (κ3) is 5.63. The molecule has 2 unspecified atom stereocenters. The molecule has 2 aliphatic carbocycles. The van der Waals surface area contributed by atoms with E-state index in [9.17, 15) is 18.8 Å². The Labute approximate surface area is 252 Å². The van der Waals surface area contributed by atoms with Crippen molar-refractivity contribution in [3.63, 3.8) is 0 Å². The number of halogens is 1. The monoisotopic (exact) mass is 594 g/mol. The minimum atomic E-state index is -0.496. The maximum absolute atomic E-state index is 14.1. The van der Waals surface area contributed by atoms with Crippen LogP contribution >= 0.6 is 11.3 Å². The predicted molar refractivity (Wildman–Crippen MR) is 164 cm³/mol. The van der Waals surface area contributed by atoms with Crippen LogP contribution < -0.4 is 9.80 Å². The Kier molecular flexibility index (Phi) is 8.98. The van der Waals surface area contributed by atoms with Crippen molar-refractivity contribution in [1.82, 2.24) is 0 Å². The van der Waals surface area contributed by atoms with Gasteiger partial charge in [-0.05, 0) is 80.9 Å². The van der Waals surface area contributed by atoms with Crippen LogP contribution in [0.15, 0.2) is 24.3 Å². The predicted octanol–water partition coefficient (Wildman–Crippen LogP) is 8.27. The van der Waals surface area contributed by atoms with E-state index in [4.69, 9.17) is 4.74 Å². The summed E-state index contributed by atoms with van der Waals surface area (Å²) in [5.41, 5.74) is 1.97. The maximum Gasteiger partial charge on any atom is 0.350 e. The molecule has 0 spiro atoms. The third-order valence-electron chi connectivity index (χ3n) is 10.2. The first kappa shape index (κ1) is 29.3. The SMILES string of the molecule is COC(=O)c1sc(-c2ccc(F)cc2)c(N2C(=O)CCCC2C2CCCCC2)c1N1C(=O)CCCC1C1CCCCC1. The largest absolute Gasteiger partial charge is 0.465 e. The number of carbonyl (C=O) groups excluding carboxylic acids is 3. The zero-order chi connectivity index (χ0) is 29.2. The van der Waals surface area contributed by atoms with Gasteiger partial charge in [-0.2, -0.15) is 0 Å². The second-order valence-electron chi connectivity index (χ2n) is 12.7. The van der Waals surface area contributed by atoms with Crippen molar-refractivity contribution in [3.8, 4) is 10.4 Å². The lowest BCUT2D eigenvalue weighted by molar-refractivity contribution is -0.121. The smallest absolute Gasteiger partial charge is 0.350 e. The van der Waals surface area contributed by atoms with Crippen molar-refractivity contribution in [3.05, 3.63) is 35.0 Å². The van der Waals surface area contributed by atoms with E-state index in [1.54, 1.807) is 12.1 Å². The highest BCUT2D eigenvalue weighted by atomic mass is 32.1. The van der Waals surface area contributed by atoms with Gasteiger partial charge < -0.3 is 14.5 Å². The van der Waals surface area contributed by atoms with Crippen LogP contribution in [0.3, 0.4) is 0 Å². The molecule has 2 atom stereocenters. The molecule has 3 heterocycles. The topological polar surface area (TPSA) is 66.9 Å². The molecule has 2 aromatic rings. The fourth-order valence-corrected chi connectivity index (χ4v) is 9.40. The maximum atomic E-state index is 14.1. The van der Waals surface area contributed by atoms with Crippen LogP contribution in [-0.2, 0) is 14.3 Å². The number of hydrogen-bond donors (Lipinski definition) is 0. The standard InChI is InChI=1S/C34H43FN2O4S/c1-41-34(40)33-31(37-27(15-9-17-29(37)39)23-12-6-3-7-13-23)30(32(42-33)24-18-20-25(35)21-19-24)36-26(14-8-16-28(36)38)22-10-4-2-5-11-22/h18-23,26-27H,2-17H2,1H3. The third-order valence-corrected chi connectivity index (χ3v) is 11.4. The van der Waals surface area contributed by atoms with Gasteiger partial charge in [0.25, 0.3) is 0 Å². The number of benzene rings is 1. The second-order valence-corrected chi connectivity index (χ2v) is 13.7.